The van der Waals surface area contributed by atoms with Gasteiger partial charge in [-0.2, -0.15) is 0 Å². The molecule has 0 radical (unpaired) electrons. The molecule has 2 aliphatic heterocycles. The monoisotopic (exact) mass is 345 g/mol. The van der Waals surface area contributed by atoms with Crippen LogP contribution in [0.4, 0.5) is 0 Å². The van der Waals surface area contributed by atoms with Crippen LogP contribution in [-0.2, 0) is 11.2 Å². The Morgan fingerprint density at radius 2 is 2.38 bits per heavy atom. The second-order valence-electron chi connectivity index (χ2n) is 5.63. The predicted molar refractivity (Wildman–Crippen MR) is 94.8 cm³/mol. The third-order valence-corrected chi connectivity index (χ3v) is 4.29. The summed E-state index contributed by atoms with van der Waals surface area (Å²) in [6, 6.07) is 1.29. The molecule has 24 heavy (non-hydrogen) atoms. The van der Waals surface area contributed by atoms with Gasteiger partial charge in [-0.1, -0.05) is 20.1 Å². The third-order valence-electron chi connectivity index (χ3n) is 4.29. The van der Waals surface area contributed by atoms with Crippen molar-refractivity contribution in [3.63, 3.8) is 0 Å². The molecule has 4 heteroatoms. The minimum Gasteiger partial charge on any atom is -0.493 e. The molecule has 0 aliphatic carbocycles. The highest BCUT2D eigenvalue weighted by Crippen LogP contribution is 2.42. The zero-order valence-electron chi connectivity index (χ0n) is 27.5. The summed E-state index contributed by atoms with van der Waals surface area (Å²) in [7, 11) is -1.57. The smallest absolute Gasteiger partial charge is 0.161 e. The van der Waals surface area contributed by atoms with Crippen LogP contribution in [0.1, 0.15) is 69.3 Å². The van der Waals surface area contributed by atoms with Crippen LogP contribution < -0.4 is 9.47 Å². The Morgan fingerprint density at radius 1 is 1.54 bits per heavy atom. The fourth-order valence-corrected chi connectivity index (χ4v) is 3.05. The van der Waals surface area contributed by atoms with E-state index in [1.165, 1.54) is 24.1 Å². The second-order valence-corrected chi connectivity index (χ2v) is 5.63. The van der Waals surface area contributed by atoms with E-state index in [1.54, 1.807) is 0 Å². The van der Waals surface area contributed by atoms with Crippen LogP contribution in [0.3, 0.4) is 0 Å². The lowest BCUT2D eigenvalue weighted by Crippen LogP contribution is -2.46. The van der Waals surface area contributed by atoms with Gasteiger partial charge in [-0.25, -0.2) is 0 Å². The summed E-state index contributed by atoms with van der Waals surface area (Å²) >= 11 is 0. The zero-order valence-corrected chi connectivity index (χ0v) is 13.5. The van der Waals surface area contributed by atoms with Gasteiger partial charge in [0.15, 0.2) is 11.5 Å². The van der Waals surface area contributed by atoms with Crippen molar-refractivity contribution in [1.29, 1.82) is 0 Å². The van der Waals surface area contributed by atoms with Gasteiger partial charge in [0.2, 0.25) is 0 Å². The van der Waals surface area contributed by atoms with Crippen molar-refractivity contribution in [2.45, 2.75) is 45.4 Å². The van der Waals surface area contributed by atoms with Crippen molar-refractivity contribution >= 4 is 5.78 Å². The number of methoxy groups -OCH3 is 2. The van der Waals surface area contributed by atoms with Gasteiger partial charge in [0, 0.05) is 46.5 Å². The molecule has 132 valence electrons. The molecule has 0 N–H and O–H groups in total. The van der Waals surface area contributed by atoms with Gasteiger partial charge in [-0.05, 0) is 41.9 Å². The number of fused-ring (bicyclic) bond motifs is 3. The SMILES string of the molecule is [2H]C([2H])([2H])Oc1cc2c(cc1OC)C1N(CC2)CC([2H])(C([2H])([2H])C([2H])(C([2H])([2H])[2H])C([2H])([2H])C)C(=O)C1([2H])[2H]. The molecule has 1 fully saturated rings. The molecular formula is C20H29NO3. The number of rotatable bonds is 5. The maximum atomic E-state index is 13.6. The van der Waals surface area contributed by atoms with Gasteiger partial charge >= 0.3 is 0 Å². The molecule has 1 aromatic carbocycles. The molecule has 3 atom stereocenters. The summed E-state index contributed by atoms with van der Waals surface area (Å²) < 4.78 is 124. The van der Waals surface area contributed by atoms with E-state index in [9.17, 15) is 4.79 Å². The normalized spacial score (nSPS) is 42.2. The second kappa shape index (κ2) is 7.14. The number of piperidine rings is 1. The number of Topliss-reactive ketones (excluding diaryl/α,β-unsaturated/α-hetero) is 1. The molecule has 3 rings (SSSR count). The van der Waals surface area contributed by atoms with E-state index in [2.05, 4.69) is 0 Å². The number of benzene rings is 1. The van der Waals surface area contributed by atoms with Crippen LogP contribution in [0.2, 0.25) is 0 Å². The molecule has 1 aromatic rings. The van der Waals surface area contributed by atoms with E-state index in [1.807, 2.05) is 0 Å². The number of ketones is 1. The fraction of sp³-hybridized carbons (Fsp3) is 0.650. The predicted octanol–water partition coefficient (Wildman–Crippen LogP) is 3.63. The van der Waals surface area contributed by atoms with E-state index in [4.69, 9.17) is 28.7 Å². The number of hydrogen-bond acceptors (Lipinski definition) is 4. The molecule has 0 bridgehead atoms. The third kappa shape index (κ3) is 3.16. The summed E-state index contributed by atoms with van der Waals surface area (Å²) in [5.41, 5.74) is 0.649. The lowest BCUT2D eigenvalue weighted by atomic mass is 9.79. The molecule has 0 saturated carbocycles. The first-order chi connectivity index (χ1) is 16.9. The Kier molecular flexibility index (Phi) is 2.08. The molecule has 2 heterocycles. The molecule has 0 spiro atoms. The highest BCUT2D eigenvalue weighted by molar-refractivity contribution is 5.83. The number of ether oxygens (including phenoxy) is 2. The van der Waals surface area contributed by atoms with Crippen molar-refractivity contribution < 1.29 is 33.5 Å². The van der Waals surface area contributed by atoms with Crippen LogP contribution in [0.15, 0.2) is 12.1 Å². The Hall–Kier alpha value is -1.55. The van der Waals surface area contributed by atoms with Crippen molar-refractivity contribution in [2.24, 2.45) is 11.8 Å². The first kappa shape index (κ1) is 6.99. The average Bonchev–Trinajstić information content (AvgIpc) is 2.73. The van der Waals surface area contributed by atoms with E-state index in [0.29, 0.717) is 12.5 Å². The first-order valence-corrected chi connectivity index (χ1v) is 7.55. The van der Waals surface area contributed by atoms with Crippen LogP contribution in [0.5, 0.6) is 11.5 Å². The topological polar surface area (TPSA) is 38.8 Å². The van der Waals surface area contributed by atoms with Gasteiger partial charge in [-0.15, -0.1) is 0 Å². The van der Waals surface area contributed by atoms with Crippen LogP contribution in [0.25, 0.3) is 0 Å². The lowest BCUT2D eigenvalue weighted by Gasteiger charge is -2.43. The van der Waals surface area contributed by atoms with Crippen LogP contribution >= 0.6 is 0 Å². The van der Waals surface area contributed by atoms with Crippen LogP contribution in [0, 0.1) is 11.8 Å². The molecule has 1 saturated heterocycles. The Balaban J connectivity index is 2.17. The molecule has 0 aromatic heterocycles. The summed E-state index contributed by atoms with van der Waals surface area (Å²) in [5.74, 6) is -8.59. The quantitative estimate of drug-likeness (QED) is 0.817. The molecule has 0 amide bonds. The van der Waals surface area contributed by atoms with Crippen molar-refractivity contribution in [2.75, 3.05) is 27.2 Å². The fourth-order valence-electron chi connectivity index (χ4n) is 3.05. The van der Waals surface area contributed by atoms with Gasteiger partial charge in [0.25, 0.3) is 0 Å². The number of carbonyl (C=O) groups excluding carboxylic acids is 1. The number of nitrogens with zero attached hydrogens (tertiary/aromatic N) is 1. The molecule has 3 unspecified atom stereocenters. The van der Waals surface area contributed by atoms with E-state index in [-0.39, 0.29) is 30.0 Å². The first-order valence-electron chi connectivity index (χ1n) is 14.6. The maximum absolute atomic E-state index is 13.6. The van der Waals surface area contributed by atoms with Crippen LogP contribution in [-0.4, -0.2) is 37.9 Å². The van der Waals surface area contributed by atoms with Gasteiger partial charge in [-0.3, -0.25) is 9.69 Å². The minimum absolute atomic E-state index is 0.0293. The summed E-state index contributed by atoms with van der Waals surface area (Å²) in [4.78, 5) is 14.9. The number of carbonyl (C=O) groups is 1. The summed E-state index contributed by atoms with van der Waals surface area (Å²) in [6.45, 7) is -3.78. The van der Waals surface area contributed by atoms with E-state index in [0.717, 1.165) is 0 Å². The van der Waals surface area contributed by atoms with E-state index >= 15 is 0 Å². The maximum Gasteiger partial charge on any atom is 0.161 e. The van der Waals surface area contributed by atoms with Crippen molar-refractivity contribution in [3.05, 3.63) is 23.3 Å². The largest absolute Gasteiger partial charge is 0.493 e. The Labute approximate surface area is 164 Å². The highest BCUT2D eigenvalue weighted by Gasteiger charge is 2.38. The van der Waals surface area contributed by atoms with Gasteiger partial charge < -0.3 is 9.47 Å². The molecular weight excluding hydrogens is 302 g/mol. The standard InChI is InChI=1S/C20H29NO3/c1-5-13(2)8-15-12-21-7-6-14-9-19(23-3)20(24-4)10-16(14)17(21)11-18(15)22/h9-10,13,15,17H,5-8,11-12H2,1-4H3/i2D3,3D3,5D2,8D2,11D2,13D,15D. The Bertz CT molecular complexity index is 1100. The van der Waals surface area contributed by atoms with Crippen molar-refractivity contribution in [1.82, 2.24) is 4.90 Å². The van der Waals surface area contributed by atoms with E-state index < -0.39 is 63.2 Å². The average molecular weight is 346 g/mol. The highest BCUT2D eigenvalue weighted by atomic mass is 16.5. The summed E-state index contributed by atoms with van der Waals surface area (Å²) in [5, 5.41) is 0. The molecule has 2 aliphatic rings. The van der Waals surface area contributed by atoms with Gasteiger partial charge in [0.1, 0.15) is 5.78 Å². The summed E-state index contributed by atoms with van der Waals surface area (Å²) in [6.07, 6.45) is -9.57. The van der Waals surface area contributed by atoms with Crippen molar-refractivity contribution in [3.8, 4) is 11.5 Å². The molecule has 4 nitrogen and oxygen atoms in total. The lowest BCUT2D eigenvalue weighted by molar-refractivity contribution is -0.129. The Morgan fingerprint density at radius 3 is 3.08 bits per heavy atom. The zero-order chi connectivity index (χ0) is 29.5. The van der Waals surface area contributed by atoms with Gasteiger partial charge in [0.05, 0.1) is 18.3 Å². The minimum atomic E-state index is -3.67. The number of hydrogen-bond donors (Lipinski definition) is 0.